The Balaban J connectivity index is 2.01. The Morgan fingerprint density at radius 3 is 2.65 bits per heavy atom. The quantitative estimate of drug-likeness (QED) is 0.905. The Kier molecular flexibility index (Phi) is 5.01. The average Bonchev–Trinajstić information content (AvgIpc) is 3.07. The molecule has 0 spiro atoms. The summed E-state index contributed by atoms with van der Waals surface area (Å²) >= 11 is 0. The van der Waals surface area contributed by atoms with Crippen LogP contribution in [0.2, 0.25) is 0 Å². The summed E-state index contributed by atoms with van der Waals surface area (Å²) in [5.41, 5.74) is 0.205. The summed E-state index contributed by atoms with van der Waals surface area (Å²) in [5.74, 6) is -1.79. The molecule has 1 saturated heterocycles. The molecule has 138 valence electrons. The number of piperidine rings is 1. The number of aromatic nitrogens is 3. The van der Waals surface area contributed by atoms with Gasteiger partial charge in [-0.3, -0.25) is 4.79 Å². The number of para-hydroxylation sites is 1. The largest absolute Gasteiger partial charge is 0.480 e. The summed E-state index contributed by atoms with van der Waals surface area (Å²) in [7, 11) is 0. The van der Waals surface area contributed by atoms with Gasteiger partial charge in [-0.1, -0.05) is 26.0 Å². The van der Waals surface area contributed by atoms with Crippen molar-refractivity contribution in [3.8, 4) is 5.69 Å². The topological polar surface area (TPSA) is 88.3 Å². The van der Waals surface area contributed by atoms with Gasteiger partial charge >= 0.3 is 5.97 Å². The molecule has 0 aliphatic carbocycles. The summed E-state index contributed by atoms with van der Waals surface area (Å²) in [4.78, 5) is 29.9. The van der Waals surface area contributed by atoms with E-state index in [0.717, 1.165) is 12.8 Å². The first-order valence-electron chi connectivity index (χ1n) is 8.65. The highest BCUT2D eigenvalue weighted by Crippen LogP contribution is 2.23. The van der Waals surface area contributed by atoms with Crippen molar-refractivity contribution < 1.29 is 19.1 Å². The third-order valence-corrected chi connectivity index (χ3v) is 4.47. The van der Waals surface area contributed by atoms with E-state index in [1.165, 1.54) is 15.6 Å². The predicted molar refractivity (Wildman–Crippen MR) is 91.7 cm³/mol. The van der Waals surface area contributed by atoms with Gasteiger partial charge in [0.15, 0.2) is 0 Å². The molecule has 7 nitrogen and oxygen atoms in total. The first-order valence-corrected chi connectivity index (χ1v) is 8.65. The number of halogens is 1. The average molecular weight is 360 g/mol. The number of nitrogens with zero attached hydrogens (tertiary/aromatic N) is 4. The van der Waals surface area contributed by atoms with Gasteiger partial charge in [-0.15, -0.1) is 5.10 Å². The van der Waals surface area contributed by atoms with Gasteiger partial charge in [0.05, 0.1) is 0 Å². The van der Waals surface area contributed by atoms with Crippen molar-refractivity contribution >= 4 is 11.9 Å². The van der Waals surface area contributed by atoms with E-state index in [9.17, 15) is 19.1 Å². The number of likely N-dealkylation sites (tertiary alicyclic amines) is 1. The smallest absolute Gasteiger partial charge is 0.326 e. The second kappa shape index (κ2) is 7.23. The fourth-order valence-electron chi connectivity index (χ4n) is 3.15. The number of hydrogen-bond donors (Lipinski definition) is 1. The van der Waals surface area contributed by atoms with E-state index in [4.69, 9.17) is 0 Å². The fourth-order valence-corrected chi connectivity index (χ4v) is 3.15. The third-order valence-electron chi connectivity index (χ3n) is 4.47. The van der Waals surface area contributed by atoms with E-state index in [0.29, 0.717) is 18.8 Å². The van der Waals surface area contributed by atoms with Gasteiger partial charge in [0, 0.05) is 12.5 Å². The lowest BCUT2D eigenvalue weighted by Crippen LogP contribution is -2.48. The van der Waals surface area contributed by atoms with Crippen molar-refractivity contribution in [3.05, 3.63) is 41.7 Å². The maximum atomic E-state index is 14.2. The Morgan fingerprint density at radius 1 is 1.27 bits per heavy atom. The Labute approximate surface area is 150 Å². The number of aliphatic carboxylic acids is 1. The molecule has 2 aromatic rings. The van der Waals surface area contributed by atoms with Gasteiger partial charge in [0.1, 0.15) is 23.4 Å². The highest BCUT2D eigenvalue weighted by molar-refractivity contribution is 5.93. The van der Waals surface area contributed by atoms with Crippen molar-refractivity contribution in [2.45, 2.75) is 45.1 Å². The highest BCUT2D eigenvalue weighted by atomic mass is 19.1. The van der Waals surface area contributed by atoms with Gasteiger partial charge in [-0.2, -0.15) is 0 Å². The minimum absolute atomic E-state index is 0.0970. The first kappa shape index (κ1) is 18.0. The van der Waals surface area contributed by atoms with E-state index in [1.807, 2.05) is 13.8 Å². The molecule has 8 heteroatoms. The molecule has 1 aromatic carbocycles. The Hall–Kier alpha value is -2.77. The fraction of sp³-hybridized carbons (Fsp3) is 0.444. The number of carbonyl (C=O) groups is 2. The van der Waals surface area contributed by atoms with Crippen molar-refractivity contribution in [3.63, 3.8) is 0 Å². The number of amides is 1. The molecule has 1 aromatic heterocycles. The van der Waals surface area contributed by atoms with Gasteiger partial charge in [0.2, 0.25) is 5.82 Å². The van der Waals surface area contributed by atoms with Gasteiger partial charge in [0.25, 0.3) is 5.91 Å². The molecule has 1 atom stereocenters. The lowest BCUT2D eigenvalue weighted by molar-refractivity contribution is -0.143. The van der Waals surface area contributed by atoms with Gasteiger partial charge < -0.3 is 10.0 Å². The standard InChI is InChI=1S/C18H21FN4O3/c1-11(2)16-20-15(21-23(16)13-8-4-3-7-12(13)19)17(24)22-10-6-5-9-14(22)18(25)26/h3-4,7-8,11,14H,5-6,9-10H2,1-2H3,(H,25,26)/t14-/m0/s1. The van der Waals surface area contributed by atoms with Crippen LogP contribution in [0, 0.1) is 5.82 Å². The molecule has 0 saturated carbocycles. The summed E-state index contributed by atoms with van der Waals surface area (Å²) in [6.45, 7) is 4.09. The van der Waals surface area contributed by atoms with E-state index >= 15 is 0 Å². The Bertz CT molecular complexity index is 834. The van der Waals surface area contributed by atoms with E-state index in [1.54, 1.807) is 18.2 Å². The monoisotopic (exact) mass is 360 g/mol. The molecule has 26 heavy (non-hydrogen) atoms. The molecule has 3 rings (SSSR count). The second-order valence-electron chi connectivity index (χ2n) is 6.66. The van der Waals surface area contributed by atoms with Crippen LogP contribution < -0.4 is 0 Å². The zero-order chi connectivity index (χ0) is 18.8. The molecule has 2 heterocycles. The van der Waals surface area contributed by atoms with Crippen molar-refractivity contribution in [2.75, 3.05) is 6.54 Å². The zero-order valence-electron chi connectivity index (χ0n) is 14.7. The number of carboxylic acids is 1. The van der Waals surface area contributed by atoms with Crippen LogP contribution in [0.3, 0.4) is 0 Å². The van der Waals surface area contributed by atoms with Crippen LogP contribution in [0.25, 0.3) is 5.69 Å². The number of rotatable bonds is 4. The minimum Gasteiger partial charge on any atom is -0.480 e. The van der Waals surface area contributed by atoms with Crippen LogP contribution in [0.5, 0.6) is 0 Å². The SMILES string of the molecule is CC(C)c1nc(C(=O)N2CCCC[C@H]2C(=O)O)nn1-c1ccccc1F. The number of carbonyl (C=O) groups excluding carboxylic acids is 1. The van der Waals surface area contributed by atoms with E-state index < -0.39 is 23.7 Å². The maximum Gasteiger partial charge on any atom is 0.326 e. The predicted octanol–water partition coefficient (Wildman–Crippen LogP) is 2.61. The molecule has 1 fully saturated rings. The van der Waals surface area contributed by atoms with Gasteiger partial charge in [-0.25, -0.2) is 18.9 Å². The molecular weight excluding hydrogens is 339 g/mol. The minimum atomic E-state index is -1.03. The number of benzene rings is 1. The normalized spacial score (nSPS) is 17.5. The van der Waals surface area contributed by atoms with Crippen LogP contribution >= 0.6 is 0 Å². The molecule has 0 unspecified atom stereocenters. The summed E-state index contributed by atoms with van der Waals surface area (Å²) in [6, 6.07) is 5.25. The lowest BCUT2D eigenvalue weighted by Gasteiger charge is -2.31. The second-order valence-corrected chi connectivity index (χ2v) is 6.66. The summed E-state index contributed by atoms with van der Waals surface area (Å²) < 4.78 is 15.5. The molecule has 0 bridgehead atoms. The summed E-state index contributed by atoms with van der Waals surface area (Å²) in [5, 5.41) is 13.6. The van der Waals surface area contributed by atoms with Crippen molar-refractivity contribution in [1.29, 1.82) is 0 Å². The molecule has 1 aliphatic heterocycles. The summed E-state index contributed by atoms with van der Waals surface area (Å²) in [6.07, 6.45) is 1.90. The molecule has 1 amide bonds. The van der Waals surface area contributed by atoms with E-state index in [2.05, 4.69) is 10.1 Å². The van der Waals surface area contributed by atoms with Crippen LogP contribution in [0.1, 0.15) is 55.5 Å². The molecule has 0 radical (unpaired) electrons. The molecular formula is C18H21FN4O3. The zero-order valence-corrected chi connectivity index (χ0v) is 14.7. The van der Waals surface area contributed by atoms with E-state index in [-0.39, 0.29) is 17.4 Å². The van der Waals surface area contributed by atoms with Gasteiger partial charge in [-0.05, 0) is 31.4 Å². The number of hydrogen-bond acceptors (Lipinski definition) is 4. The first-order chi connectivity index (χ1) is 12.4. The molecule has 1 aliphatic rings. The maximum absolute atomic E-state index is 14.2. The molecule has 1 N–H and O–H groups in total. The van der Waals surface area contributed by atoms with Crippen LogP contribution in [0.15, 0.2) is 24.3 Å². The third kappa shape index (κ3) is 3.31. The van der Waals surface area contributed by atoms with Crippen LogP contribution in [-0.2, 0) is 4.79 Å². The Morgan fingerprint density at radius 2 is 2.00 bits per heavy atom. The van der Waals surface area contributed by atoms with Crippen molar-refractivity contribution in [1.82, 2.24) is 19.7 Å². The van der Waals surface area contributed by atoms with Crippen molar-refractivity contribution in [2.24, 2.45) is 0 Å². The number of carboxylic acid groups (broad SMARTS) is 1. The van der Waals surface area contributed by atoms with Crippen LogP contribution in [-0.4, -0.2) is 49.2 Å². The lowest BCUT2D eigenvalue weighted by atomic mass is 10.0. The van der Waals surface area contributed by atoms with Crippen LogP contribution in [0.4, 0.5) is 4.39 Å². The highest BCUT2D eigenvalue weighted by Gasteiger charge is 2.35.